The first kappa shape index (κ1) is 29.7. The van der Waals surface area contributed by atoms with E-state index in [9.17, 15) is 14.7 Å². The second kappa shape index (κ2) is 18.3. The van der Waals surface area contributed by atoms with Gasteiger partial charge in [0.25, 0.3) is 0 Å². The van der Waals surface area contributed by atoms with E-state index >= 15 is 0 Å². The van der Waals surface area contributed by atoms with E-state index in [4.69, 9.17) is 28.8 Å². The molecule has 0 bridgehead atoms. The van der Waals surface area contributed by atoms with E-state index in [1.165, 1.54) is 0 Å². The van der Waals surface area contributed by atoms with Gasteiger partial charge in [0.1, 0.15) is 6.10 Å². The zero-order chi connectivity index (χ0) is 23.6. The lowest BCUT2D eigenvalue weighted by molar-refractivity contribution is -0.157. The van der Waals surface area contributed by atoms with Crippen molar-refractivity contribution in [3.8, 4) is 0 Å². The van der Waals surface area contributed by atoms with Gasteiger partial charge in [-0.1, -0.05) is 13.3 Å². The van der Waals surface area contributed by atoms with Crippen LogP contribution in [0.15, 0.2) is 0 Å². The van der Waals surface area contributed by atoms with Gasteiger partial charge in [-0.15, -0.1) is 0 Å². The minimum absolute atomic E-state index is 0.162. The largest absolute Gasteiger partial charge is 0.481 e. The van der Waals surface area contributed by atoms with Gasteiger partial charge in [0.15, 0.2) is 0 Å². The van der Waals surface area contributed by atoms with Crippen LogP contribution in [0.3, 0.4) is 0 Å². The summed E-state index contributed by atoms with van der Waals surface area (Å²) in [6.07, 6.45) is 0.217. The Hall–Kier alpha value is -1.26. The maximum atomic E-state index is 11.6. The molecule has 0 rings (SSSR count). The number of aliphatic carboxylic acids is 1. The lowest BCUT2D eigenvalue weighted by Gasteiger charge is -2.29. The Kier molecular flexibility index (Phi) is 17.6. The molecular weight excluding hydrogens is 408 g/mol. The van der Waals surface area contributed by atoms with Crippen molar-refractivity contribution in [3.05, 3.63) is 0 Å². The van der Waals surface area contributed by atoms with Crippen molar-refractivity contribution in [2.75, 3.05) is 33.0 Å². The molecule has 5 atom stereocenters. The van der Waals surface area contributed by atoms with Crippen molar-refractivity contribution < 1.29 is 43.5 Å². The molecule has 2 N–H and O–H groups in total. The summed E-state index contributed by atoms with van der Waals surface area (Å²) in [6, 6.07) is 0. The van der Waals surface area contributed by atoms with Crippen LogP contribution in [0.25, 0.3) is 0 Å². The summed E-state index contributed by atoms with van der Waals surface area (Å²) < 4.78 is 28.4. The number of esters is 1. The fourth-order valence-electron chi connectivity index (χ4n) is 2.71. The number of aliphatic hydroxyl groups is 1. The van der Waals surface area contributed by atoms with Gasteiger partial charge in [0.2, 0.25) is 0 Å². The van der Waals surface area contributed by atoms with E-state index in [1.54, 1.807) is 13.8 Å². The number of hydrogen-bond donors (Lipinski definition) is 2. The molecule has 0 aliphatic heterocycles. The number of aliphatic hydroxyl groups excluding tert-OH is 1. The molecular formula is C22H42O9. The standard InChI is InChI=1S/C22H42O9/c1-6-8-11-27-15-19(30-13-16(3)23)12-20(28-7-2)18(5)29-14-17(4)31-22(26)10-9-21(24)25/h16-20,23H,6-15H2,1-5H3,(H,24,25). The quantitative estimate of drug-likeness (QED) is 0.213. The maximum absolute atomic E-state index is 11.6. The summed E-state index contributed by atoms with van der Waals surface area (Å²) in [5.74, 6) is -1.61. The molecule has 0 aromatic heterocycles. The zero-order valence-electron chi connectivity index (χ0n) is 19.7. The predicted molar refractivity (Wildman–Crippen MR) is 115 cm³/mol. The topological polar surface area (TPSA) is 121 Å². The SMILES string of the molecule is CCCCOCC(CC(OCC)C(C)OCC(C)OC(=O)CCC(=O)O)OCC(C)O. The van der Waals surface area contributed by atoms with Gasteiger partial charge in [-0.3, -0.25) is 9.59 Å². The second-order valence-corrected chi connectivity index (χ2v) is 7.69. The van der Waals surface area contributed by atoms with Crippen LogP contribution in [0.4, 0.5) is 0 Å². The first-order valence-electron chi connectivity index (χ1n) is 11.2. The predicted octanol–water partition coefficient (Wildman–Crippen LogP) is 2.57. The molecule has 184 valence electrons. The Balaban J connectivity index is 4.64. The van der Waals surface area contributed by atoms with Crippen LogP contribution < -0.4 is 0 Å². The van der Waals surface area contributed by atoms with Crippen LogP contribution in [-0.2, 0) is 33.3 Å². The average Bonchev–Trinajstić information content (AvgIpc) is 2.70. The maximum Gasteiger partial charge on any atom is 0.306 e. The van der Waals surface area contributed by atoms with E-state index in [0.717, 1.165) is 12.8 Å². The van der Waals surface area contributed by atoms with Gasteiger partial charge < -0.3 is 33.9 Å². The Morgan fingerprint density at radius 3 is 2.23 bits per heavy atom. The van der Waals surface area contributed by atoms with Crippen LogP contribution in [0.2, 0.25) is 0 Å². The molecule has 0 aliphatic carbocycles. The van der Waals surface area contributed by atoms with Crippen molar-refractivity contribution in [2.45, 2.75) is 97.2 Å². The fraction of sp³-hybridized carbons (Fsp3) is 0.909. The van der Waals surface area contributed by atoms with Crippen LogP contribution in [-0.4, -0.2) is 85.7 Å². The molecule has 9 nitrogen and oxygen atoms in total. The molecule has 0 aliphatic rings. The van der Waals surface area contributed by atoms with Crippen LogP contribution >= 0.6 is 0 Å². The van der Waals surface area contributed by atoms with E-state index < -0.39 is 24.1 Å². The highest BCUT2D eigenvalue weighted by atomic mass is 16.6. The van der Waals surface area contributed by atoms with Gasteiger partial charge in [0.05, 0.1) is 57.1 Å². The molecule has 0 aromatic carbocycles. The molecule has 0 fully saturated rings. The van der Waals surface area contributed by atoms with Gasteiger partial charge >= 0.3 is 11.9 Å². The molecule has 0 saturated carbocycles. The minimum atomic E-state index is -1.04. The highest BCUT2D eigenvalue weighted by Gasteiger charge is 2.25. The third-order valence-corrected chi connectivity index (χ3v) is 4.39. The Labute approximate surface area is 186 Å². The normalized spacial score (nSPS) is 16.3. The third-order valence-electron chi connectivity index (χ3n) is 4.39. The van der Waals surface area contributed by atoms with E-state index in [2.05, 4.69) is 6.92 Å². The molecule has 9 heteroatoms. The number of carbonyl (C=O) groups excluding carboxylic acids is 1. The molecule has 0 saturated heterocycles. The summed E-state index contributed by atoms with van der Waals surface area (Å²) in [4.78, 5) is 22.2. The van der Waals surface area contributed by atoms with Crippen molar-refractivity contribution in [3.63, 3.8) is 0 Å². The lowest BCUT2D eigenvalue weighted by Crippen LogP contribution is -2.37. The minimum Gasteiger partial charge on any atom is -0.481 e. The van der Waals surface area contributed by atoms with Crippen LogP contribution in [0.5, 0.6) is 0 Å². The van der Waals surface area contributed by atoms with Gasteiger partial charge in [-0.05, 0) is 34.1 Å². The Bertz CT molecular complexity index is 470. The number of unbranched alkanes of at least 4 members (excludes halogenated alkanes) is 1. The number of carboxylic acids is 1. The summed E-state index contributed by atoms with van der Waals surface area (Å²) in [7, 11) is 0. The zero-order valence-corrected chi connectivity index (χ0v) is 19.7. The molecule has 0 heterocycles. The molecule has 31 heavy (non-hydrogen) atoms. The van der Waals surface area contributed by atoms with Crippen molar-refractivity contribution in [1.82, 2.24) is 0 Å². The number of rotatable bonds is 20. The third kappa shape index (κ3) is 17.0. The van der Waals surface area contributed by atoms with Crippen molar-refractivity contribution >= 4 is 11.9 Å². The molecule has 5 unspecified atom stereocenters. The average molecular weight is 451 g/mol. The van der Waals surface area contributed by atoms with Gasteiger partial charge in [-0.2, -0.15) is 0 Å². The van der Waals surface area contributed by atoms with E-state index in [-0.39, 0.29) is 44.4 Å². The van der Waals surface area contributed by atoms with Crippen LogP contribution in [0.1, 0.15) is 66.7 Å². The number of ether oxygens (including phenoxy) is 5. The number of carboxylic acid groups (broad SMARTS) is 1. The van der Waals surface area contributed by atoms with Gasteiger partial charge in [0, 0.05) is 19.6 Å². The summed E-state index contributed by atoms with van der Waals surface area (Å²) in [5.41, 5.74) is 0. The molecule has 0 radical (unpaired) electrons. The molecule has 0 amide bonds. The molecule has 0 aromatic rings. The first-order valence-corrected chi connectivity index (χ1v) is 11.2. The second-order valence-electron chi connectivity index (χ2n) is 7.69. The Morgan fingerprint density at radius 1 is 0.935 bits per heavy atom. The van der Waals surface area contributed by atoms with E-state index in [1.807, 2.05) is 13.8 Å². The smallest absolute Gasteiger partial charge is 0.306 e. The highest BCUT2D eigenvalue weighted by molar-refractivity contribution is 5.76. The van der Waals surface area contributed by atoms with Gasteiger partial charge in [-0.25, -0.2) is 0 Å². The van der Waals surface area contributed by atoms with E-state index in [0.29, 0.717) is 26.2 Å². The Morgan fingerprint density at radius 2 is 1.65 bits per heavy atom. The van der Waals surface area contributed by atoms with Crippen molar-refractivity contribution in [2.24, 2.45) is 0 Å². The fourth-order valence-corrected chi connectivity index (χ4v) is 2.71. The number of carbonyl (C=O) groups is 2. The van der Waals surface area contributed by atoms with Crippen molar-refractivity contribution in [1.29, 1.82) is 0 Å². The first-order chi connectivity index (χ1) is 14.7. The molecule has 0 spiro atoms. The summed E-state index contributed by atoms with van der Waals surface area (Å²) in [5, 5.41) is 18.2. The summed E-state index contributed by atoms with van der Waals surface area (Å²) >= 11 is 0. The van der Waals surface area contributed by atoms with Crippen LogP contribution in [0, 0.1) is 0 Å². The summed E-state index contributed by atoms with van der Waals surface area (Å²) in [6.45, 7) is 11.2. The number of hydrogen-bond acceptors (Lipinski definition) is 8. The highest BCUT2D eigenvalue weighted by Crippen LogP contribution is 2.15. The monoisotopic (exact) mass is 450 g/mol. The lowest BCUT2D eigenvalue weighted by atomic mass is 10.1.